The fourth-order valence-electron chi connectivity index (χ4n) is 1.19. The summed E-state index contributed by atoms with van der Waals surface area (Å²) in [7, 11) is 0. The molecule has 0 saturated heterocycles. The third-order valence-corrected chi connectivity index (χ3v) is 1.89. The van der Waals surface area contributed by atoms with Gasteiger partial charge in [0, 0.05) is 11.7 Å². The minimum Gasteiger partial charge on any atom is -0.312 e. The number of nitrogens with zero attached hydrogens (tertiary/aromatic N) is 1. The first-order valence-electron chi connectivity index (χ1n) is 5.07. The monoisotopic (exact) mass is 190 g/mol. The molecule has 0 saturated carbocycles. The van der Waals surface area contributed by atoms with Crippen molar-refractivity contribution in [2.24, 2.45) is 0 Å². The summed E-state index contributed by atoms with van der Waals surface area (Å²) in [5.74, 6) is 0. The molecule has 1 N–H and O–H groups in total. The zero-order chi connectivity index (χ0) is 10.4. The maximum Gasteiger partial charge on any atom is 0.0517 e. The van der Waals surface area contributed by atoms with Gasteiger partial charge in [-0.25, -0.2) is 4.98 Å². The fourth-order valence-corrected chi connectivity index (χ4v) is 1.19. The van der Waals surface area contributed by atoms with E-state index in [0.29, 0.717) is 0 Å². The number of nitrogens with one attached hydrogen (secondary N) is 1. The highest BCUT2D eigenvalue weighted by Crippen LogP contribution is 2.00. The summed E-state index contributed by atoms with van der Waals surface area (Å²) in [5, 5.41) is 3.45. The fraction of sp³-hybridized carbons (Fsp3) is 0.583. The third kappa shape index (κ3) is 4.84. The molecular formula is C12H18N2. The highest BCUT2D eigenvalue weighted by molar-refractivity contribution is 4.99. The van der Waals surface area contributed by atoms with E-state index in [1.165, 1.54) is 0 Å². The molecule has 0 bridgehead atoms. The van der Waals surface area contributed by atoms with E-state index in [0.717, 1.165) is 25.1 Å². The lowest BCUT2D eigenvalue weighted by molar-refractivity contribution is 0.422. The SMILES string of the molecule is CC(C)(C)NCCCc1ccc#cn1. The standard InChI is InChI=1S/C12H18N2/c1-12(2,3)14-10-6-8-11-7-4-5-9-13-11/h4,7,14H,6,8,10H2,1-3H3. The van der Waals surface area contributed by atoms with E-state index in [2.05, 4.69) is 43.3 Å². The molecule has 1 heterocycles. The van der Waals surface area contributed by atoms with Crippen molar-refractivity contribution < 1.29 is 0 Å². The molecule has 0 fully saturated rings. The summed E-state index contributed by atoms with van der Waals surface area (Å²) >= 11 is 0. The van der Waals surface area contributed by atoms with E-state index in [4.69, 9.17) is 0 Å². The average molecular weight is 190 g/mol. The van der Waals surface area contributed by atoms with E-state index < -0.39 is 0 Å². The molecule has 0 radical (unpaired) electrons. The lowest BCUT2D eigenvalue weighted by Gasteiger charge is -2.20. The molecular weight excluding hydrogens is 172 g/mol. The van der Waals surface area contributed by atoms with Gasteiger partial charge in [0.2, 0.25) is 0 Å². The van der Waals surface area contributed by atoms with Crippen molar-refractivity contribution in [1.82, 2.24) is 10.3 Å². The lowest BCUT2D eigenvalue weighted by Crippen LogP contribution is -2.36. The van der Waals surface area contributed by atoms with Crippen LogP contribution in [0, 0.1) is 12.3 Å². The predicted molar refractivity (Wildman–Crippen MR) is 58.0 cm³/mol. The largest absolute Gasteiger partial charge is 0.312 e. The summed E-state index contributed by atoms with van der Waals surface area (Å²) in [6.45, 7) is 7.56. The van der Waals surface area contributed by atoms with Crippen LogP contribution in [-0.2, 0) is 6.42 Å². The molecule has 1 aromatic rings. The summed E-state index contributed by atoms with van der Waals surface area (Å²) in [6, 6.07) is 6.65. The molecule has 0 aliphatic heterocycles. The molecule has 0 aromatic carbocycles. The lowest BCUT2D eigenvalue weighted by atomic mass is 10.1. The summed E-state index contributed by atoms with van der Waals surface area (Å²) < 4.78 is 0. The van der Waals surface area contributed by atoms with Gasteiger partial charge < -0.3 is 5.32 Å². The van der Waals surface area contributed by atoms with Crippen molar-refractivity contribution in [1.29, 1.82) is 0 Å². The van der Waals surface area contributed by atoms with Gasteiger partial charge in [0.25, 0.3) is 0 Å². The first kappa shape index (κ1) is 11.0. The van der Waals surface area contributed by atoms with Crippen molar-refractivity contribution in [3.05, 3.63) is 30.1 Å². The molecule has 0 amide bonds. The Hall–Kier alpha value is -1.07. The summed E-state index contributed by atoms with van der Waals surface area (Å²) in [6.07, 6.45) is 4.84. The van der Waals surface area contributed by atoms with Crippen molar-refractivity contribution in [3.63, 3.8) is 0 Å². The second-order valence-electron chi connectivity index (χ2n) is 4.47. The van der Waals surface area contributed by atoms with Crippen LogP contribution in [0.5, 0.6) is 0 Å². The first-order chi connectivity index (χ1) is 6.58. The van der Waals surface area contributed by atoms with E-state index >= 15 is 0 Å². The molecule has 0 aliphatic rings. The molecule has 0 unspecified atom stereocenters. The molecule has 2 heteroatoms. The van der Waals surface area contributed by atoms with E-state index in [-0.39, 0.29) is 5.54 Å². The number of rotatable bonds is 4. The normalized spacial score (nSPS) is 11.1. The van der Waals surface area contributed by atoms with Crippen LogP contribution < -0.4 is 5.32 Å². The van der Waals surface area contributed by atoms with Crippen molar-refractivity contribution in [2.75, 3.05) is 6.54 Å². The molecule has 14 heavy (non-hydrogen) atoms. The van der Waals surface area contributed by atoms with E-state index in [1.807, 2.05) is 12.1 Å². The van der Waals surface area contributed by atoms with Gasteiger partial charge in [-0.2, -0.15) is 0 Å². The molecule has 2 nitrogen and oxygen atoms in total. The molecule has 1 aromatic heterocycles. The van der Waals surface area contributed by atoms with Crippen LogP contribution in [-0.4, -0.2) is 17.1 Å². The summed E-state index contributed by atoms with van der Waals surface area (Å²) in [5.41, 5.74) is 1.31. The maximum atomic E-state index is 4.10. The van der Waals surface area contributed by atoms with Crippen molar-refractivity contribution >= 4 is 0 Å². The Morgan fingerprint density at radius 3 is 2.79 bits per heavy atom. The second kappa shape index (κ2) is 4.97. The van der Waals surface area contributed by atoms with Gasteiger partial charge in [-0.05, 0) is 58.4 Å². The minimum absolute atomic E-state index is 0.212. The topological polar surface area (TPSA) is 24.9 Å². The Bertz CT molecular complexity index is 249. The molecule has 0 spiro atoms. The van der Waals surface area contributed by atoms with Gasteiger partial charge in [-0.1, -0.05) is 0 Å². The number of aromatic nitrogens is 1. The van der Waals surface area contributed by atoms with Crippen LogP contribution in [0.25, 0.3) is 0 Å². The number of hydrogen-bond acceptors (Lipinski definition) is 2. The van der Waals surface area contributed by atoms with Crippen LogP contribution in [0.2, 0.25) is 0 Å². The Kier molecular flexibility index (Phi) is 3.91. The van der Waals surface area contributed by atoms with Crippen molar-refractivity contribution in [2.45, 2.75) is 39.2 Å². The smallest absolute Gasteiger partial charge is 0.0517 e. The predicted octanol–water partition coefficient (Wildman–Crippen LogP) is 2.00. The molecule has 1 rings (SSSR count). The Morgan fingerprint density at radius 2 is 2.21 bits per heavy atom. The zero-order valence-corrected chi connectivity index (χ0v) is 9.22. The van der Waals surface area contributed by atoms with Crippen LogP contribution in [0.1, 0.15) is 32.9 Å². The van der Waals surface area contributed by atoms with Gasteiger partial charge in [-0.15, -0.1) is 0 Å². The minimum atomic E-state index is 0.212. The number of aryl methyl sites for hydroxylation is 1. The van der Waals surface area contributed by atoms with Crippen LogP contribution in [0.4, 0.5) is 0 Å². The molecule has 76 valence electrons. The van der Waals surface area contributed by atoms with Gasteiger partial charge in [0.05, 0.1) is 5.69 Å². The zero-order valence-electron chi connectivity index (χ0n) is 9.22. The van der Waals surface area contributed by atoms with E-state index in [1.54, 1.807) is 0 Å². The highest BCUT2D eigenvalue weighted by atomic mass is 14.9. The third-order valence-electron chi connectivity index (χ3n) is 1.89. The van der Waals surface area contributed by atoms with Crippen LogP contribution >= 0.6 is 0 Å². The van der Waals surface area contributed by atoms with E-state index in [9.17, 15) is 0 Å². The molecule has 0 atom stereocenters. The van der Waals surface area contributed by atoms with Crippen LogP contribution in [0.15, 0.2) is 12.1 Å². The Balaban J connectivity index is 2.17. The Labute approximate surface area is 86.8 Å². The first-order valence-corrected chi connectivity index (χ1v) is 5.07. The molecule has 0 aliphatic carbocycles. The van der Waals surface area contributed by atoms with Gasteiger partial charge in [-0.3, -0.25) is 0 Å². The van der Waals surface area contributed by atoms with Gasteiger partial charge in [0.1, 0.15) is 0 Å². The quantitative estimate of drug-likeness (QED) is 0.735. The van der Waals surface area contributed by atoms with Crippen LogP contribution in [0.3, 0.4) is 0 Å². The maximum absolute atomic E-state index is 4.10. The van der Waals surface area contributed by atoms with Gasteiger partial charge in [0.15, 0.2) is 0 Å². The average Bonchev–Trinajstić information content (AvgIpc) is 2.13. The highest BCUT2D eigenvalue weighted by Gasteiger charge is 2.06. The van der Waals surface area contributed by atoms with Crippen molar-refractivity contribution in [3.8, 4) is 0 Å². The number of hydrogen-bond donors (Lipinski definition) is 1. The summed E-state index contributed by atoms with van der Waals surface area (Å²) in [4.78, 5) is 4.10. The van der Waals surface area contributed by atoms with Gasteiger partial charge >= 0.3 is 0 Å². The second-order valence-corrected chi connectivity index (χ2v) is 4.47. The Morgan fingerprint density at radius 1 is 1.43 bits per heavy atom.